The van der Waals surface area contributed by atoms with Crippen molar-refractivity contribution in [3.63, 3.8) is 0 Å². The molecule has 2 N–H and O–H groups in total. The second-order valence-corrected chi connectivity index (χ2v) is 4.92. The Balaban J connectivity index is 4.96. The molecule has 0 amide bonds. The quantitative estimate of drug-likeness (QED) is 0.509. The summed E-state index contributed by atoms with van der Waals surface area (Å²) in [6.45, 7) is 6.05. The van der Waals surface area contributed by atoms with Crippen molar-refractivity contribution in [1.29, 1.82) is 0 Å². The van der Waals surface area contributed by atoms with Crippen LogP contribution in [0.1, 0.15) is 27.2 Å². The second-order valence-electron chi connectivity index (χ2n) is 4.92. The van der Waals surface area contributed by atoms with Gasteiger partial charge in [0.1, 0.15) is 5.54 Å². The van der Waals surface area contributed by atoms with E-state index in [-0.39, 0.29) is 5.92 Å². The van der Waals surface area contributed by atoms with Crippen LogP contribution in [0.2, 0.25) is 0 Å². The van der Waals surface area contributed by atoms with Gasteiger partial charge in [0, 0.05) is 5.92 Å². The summed E-state index contributed by atoms with van der Waals surface area (Å²) in [7, 11) is 5.98. The molecule has 0 bridgehead atoms. The summed E-state index contributed by atoms with van der Waals surface area (Å²) >= 11 is 0. The van der Waals surface area contributed by atoms with Crippen LogP contribution in [-0.2, 0) is 0 Å². The molecule has 0 aliphatic carbocycles. The molecule has 0 radical (unpaired) electrons. The molecule has 0 aromatic carbocycles. The maximum absolute atomic E-state index is 9.45. The van der Waals surface area contributed by atoms with E-state index in [0.717, 1.165) is 6.42 Å². The standard InChI is InChI=1S/C10H24NO2/c1-7-8(2)10(3,9(12)13)11(4,5)6/h8-9,12-13H,7H2,1-6H3/q+1. The van der Waals surface area contributed by atoms with Crippen molar-refractivity contribution in [2.45, 2.75) is 39.0 Å². The van der Waals surface area contributed by atoms with Crippen LogP contribution in [0.15, 0.2) is 0 Å². The first-order valence-corrected chi connectivity index (χ1v) is 4.85. The lowest BCUT2D eigenvalue weighted by Gasteiger charge is -2.48. The first-order valence-electron chi connectivity index (χ1n) is 4.85. The smallest absolute Gasteiger partial charge is 0.208 e. The lowest BCUT2D eigenvalue weighted by Crippen LogP contribution is -2.65. The van der Waals surface area contributed by atoms with Gasteiger partial charge in [-0.3, -0.25) is 0 Å². The van der Waals surface area contributed by atoms with E-state index in [9.17, 15) is 10.2 Å². The number of rotatable bonds is 4. The van der Waals surface area contributed by atoms with Crippen LogP contribution in [0.25, 0.3) is 0 Å². The molecule has 0 aliphatic heterocycles. The molecule has 80 valence electrons. The fourth-order valence-electron chi connectivity index (χ4n) is 1.68. The van der Waals surface area contributed by atoms with Gasteiger partial charge >= 0.3 is 0 Å². The van der Waals surface area contributed by atoms with E-state index >= 15 is 0 Å². The zero-order valence-corrected chi connectivity index (χ0v) is 9.70. The first-order chi connectivity index (χ1) is 5.67. The van der Waals surface area contributed by atoms with Gasteiger partial charge in [-0.1, -0.05) is 13.8 Å². The van der Waals surface area contributed by atoms with Crippen LogP contribution in [0.4, 0.5) is 0 Å². The predicted molar refractivity (Wildman–Crippen MR) is 54.1 cm³/mol. The number of hydrogen-bond acceptors (Lipinski definition) is 2. The van der Waals surface area contributed by atoms with Crippen molar-refractivity contribution in [1.82, 2.24) is 0 Å². The summed E-state index contributed by atoms with van der Waals surface area (Å²) in [5.41, 5.74) is -0.505. The van der Waals surface area contributed by atoms with Gasteiger partial charge in [0.05, 0.1) is 21.1 Å². The van der Waals surface area contributed by atoms with Gasteiger partial charge in [0.2, 0.25) is 6.29 Å². The predicted octanol–water partition coefficient (Wildman–Crippen LogP) is 0.808. The number of nitrogens with zero attached hydrogens (tertiary/aromatic N) is 1. The average molecular weight is 190 g/mol. The number of hydrogen-bond donors (Lipinski definition) is 2. The zero-order valence-electron chi connectivity index (χ0n) is 9.70. The van der Waals surface area contributed by atoms with Crippen molar-refractivity contribution < 1.29 is 14.7 Å². The fraction of sp³-hybridized carbons (Fsp3) is 1.00. The first kappa shape index (κ1) is 12.9. The summed E-state index contributed by atoms with van der Waals surface area (Å²) in [5.74, 6) is 0.271. The highest BCUT2D eigenvalue weighted by atomic mass is 16.5. The molecule has 0 saturated heterocycles. The molecule has 0 aromatic heterocycles. The Labute approximate surface area is 81.6 Å². The van der Waals surface area contributed by atoms with Crippen LogP contribution in [-0.4, -0.2) is 47.7 Å². The summed E-state index contributed by atoms with van der Waals surface area (Å²) in [6, 6.07) is 0. The number of aliphatic hydroxyl groups is 2. The molecule has 0 rings (SSSR count). The van der Waals surface area contributed by atoms with Gasteiger partial charge in [-0.2, -0.15) is 0 Å². The maximum atomic E-state index is 9.45. The van der Waals surface area contributed by atoms with E-state index in [1.54, 1.807) is 0 Å². The van der Waals surface area contributed by atoms with Gasteiger partial charge in [-0.05, 0) is 13.3 Å². The van der Waals surface area contributed by atoms with E-state index in [1.165, 1.54) is 0 Å². The van der Waals surface area contributed by atoms with E-state index < -0.39 is 11.8 Å². The lowest BCUT2D eigenvalue weighted by molar-refractivity contribution is -0.934. The van der Waals surface area contributed by atoms with Gasteiger partial charge in [0.15, 0.2) is 0 Å². The van der Waals surface area contributed by atoms with E-state index in [2.05, 4.69) is 13.8 Å². The molecule has 3 nitrogen and oxygen atoms in total. The lowest BCUT2D eigenvalue weighted by atomic mass is 9.81. The summed E-state index contributed by atoms with van der Waals surface area (Å²) in [4.78, 5) is 0. The molecular weight excluding hydrogens is 166 g/mol. The molecule has 0 heterocycles. The number of quaternary nitrogens is 1. The Morgan fingerprint density at radius 2 is 1.62 bits per heavy atom. The molecule has 0 saturated carbocycles. The average Bonchev–Trinajstić information content (AvgIpc) is 1.98. The van der Waals surface area contributed by atoms with Crippen molar-refractivity contribution in [2.75, 3.05) is 21.1 Å². The molecule has 0 aromatic rings. The molecule has 0 fully saturated rings. The SMILES string of the molecule is CCC(C)C(C)(C(O)O)[N+](C)(C)C. The van der Waals surface area contributed by atoms with Gasteiger partial charge in [0.25, 0.3) is 0 Å². The van der Waals surface area contributed by atoms with Gasteiger partial charge in [-0.15, -0.1) is 0 Å². The Morgan fingerprint density at radius 1 is 1.23 bits per heavy atom. The van der Waals surface area contributed by atoms with Crippen LogP contribution in [0, 0.1) is 5.92 Å². The van der Waals surface area contributed by atoms with Crippen molar-refractivity contribution >= 4 is 0 Å². The molecule has 2 atom stereocenters. The van der Waals surface area contributed by atoms with Crippen LogP contribution < -0.4 is 0 Å². The van der Waals surface area contributed by atoms with Crippen LogP contribution >= 0.6 is 0 Å². The molecule has 13 heavy (non-hydrogen) atoms. The molecular formula is C10H24NO2+. The summed E-state index contributed by atoms with van der Waals surface area (Å²) < 4.78 is 0.555. The Kier molecular flexibility index (Phi) is 3.91. The van der Waals surface area contributed by atoms with Crippen LogP contribution in [0.3, 0.4) is 0 Å². The number of aliphatic hydroxyl groups excluding tert-OH is 1. The van der Waals surface area contributed by atoms with E-state index in [1.807, 2.05) is 28.1 Å². The zero-order chi connectivity index (χ0) is 10.9. The highest BCUT2D eigenvalue weighted by molar-refractivity contribution is 4.82. The normalized spacial score (nSPS) is 20.1. The van der Waals surface area contributed by atoms with Crippen molar-refractivity contribution in [2.24, 2.45) is 5.92 Å². The third kappa shape index (κ3) is 2.22. The van der Waals surface area contributed by atoms with Crippen molar-refractivity contribution in [3.05, 3.63) is 0 Å². The monoisotopic (exact) mass is 190 g/mol. The van der Waals surface area contributed by atoms with Crippen molar-refractivity contribution in [3.8, 4) is 0 Å². The summed E-state index contributed by atoms with van der Waals surface area (Å²) in [5, 5.41) is 18.9. The fourth-order valence-corrected chi connectivity index (χ4v) is 1.68. The van der Waals surface area contributed by atoms with Crippen LogP contribution in [0.5, 0.6) is 0 Å². The van der Waals surface area contributed by atoms with Gasteiger partial charge < -0.3 is 14.7 Å². The molecule has 0 aliphatic rings. The minimum atomic E-state index is -1.28. The minimum Gasteiger partial charge on any atom is -0.363 e. The topological polar surface area (TPSA) is 40.5 Å². The summed E-state index contributed by atoms with van der Waals surface area (Å²) in [6.07, 6.45) is -0.327. The number of likely N-dealkylation sites (N-methyl/N-ethyl adjacent to an activating group) is 1. The van der Waals surface area contributed by atoms with Gasteiger partial charge in [-0.25, -0.2) is 0 Å². The third-order valence-electron chi connectivity index (χ3n) is 3.58. The maximum Gasteiger partial charge on any atom is 0.208 e. The Hall–Kier alpha value is -0.120. The molecule has 3 heteroatoms. The molecule has 2 unspecified atom stereocenters. The molecule has 0 spiro atoms. The highest BCUT2D eigenvalue weighted by Crippen LogP contribution is 2.32. The van der Waals surface area contributed by atoms with E-state index in [0.29, 0.717) is 4.48 Å². The second kappa shape index (κ2) is 3.95. The highest BCUT2D eigenvalue weighted by Gasteiger charge is 2.48. The largest absolute Gasteiger partial charge is 0.363 e. The Bertz CT molecular complexity index is 163. The minimum absolute atomic E-state index is 0.271. The Morgan fingerprint density at radius 3 is 1.69 bits per heavy atom. The third-order valence-corrected chi connectivity index (χ3v) is 3.58. The van der Waals surface area contributed by atoms with E-state index in [4.69, 9.17) is 0 Å².